The fourth-order valence-corrected chi connectivity index (χ4v) is 2.77. The second kappa shape index (κ2) is 6.62. The Bertz CT molecular complexity index is 550. The molecule has 1 amide bonds. The molecule has 3 N–H and O–H groups in total. The van der Waals surface area contributed by atoms with Gasteiger partial charge in [-0.15, -0.1) is 0 Å². The minimum atomic E-state index is -0.751. The van der Waals surface area contributed by atoms with Crippen molar-refractivity contribution in [3.05, 3.63) is 39.7 Å². The number of benzene rings is 1. The van der Waals surface area contributed by atoms with Gasteiger partial charge >= 0.3 is 0 Å². The van der Waals surface area contributed by atoms with Crippen molar-refractivity contribution in [3.8, 4) is 0 Å². The lowest BCUT2D eigenvalue weighted by Crippen LogP contribution is -2.44. The summed E-state index contributed by atoms with van der Waals surface area (Å²) in [5, 5.41) is 13.7. The Hall–Kier alpha value is -2.02. The Morgan fingerprint density at radius 1 is 1.43 bits per heavy atom. The maximum absolute atomic E-state index is 13.1. The molecule has 0 saturated heterocycles. The Balaban J connectivity index is 2.18. The van der Waals surface area contributed by atoms with E-state index >= 15 is 0 Å². The summed E-state index contributed by atoms with van der Waals surface area (Å²) in [7, 11) is 0. The zero-order chi connectivity index (χ0) is 15.4. The molecule has 1 aromatic rings. The van der Waals surface area contributed by atoms with E-state index in [1.54, 1.807) is 0 Å². The van der Waals surface area contributed by atoms with Gasteiger partial charge < -0.3 is 11.1 Å². The van der Waals surface area contributed by atoms with Gasteiger partial charge in [0, 0.05) is 6.04 Å². The molecule has 1 aliphatic rings. The maximum Gasteiger partial charge on any atom is 0.285 e. The topological polar surface area (TPSA) is 98.3 Å². The molecule has 0 aliphatic heterocycles. The normalized spacial score (nSPS) is 21.8. The second-order valence-corrected chi connectivity index (χ2v) is 5.28. The van der Waals surface area contributed by atoms with Gasteiger partial charge in [0.1, 0.15) is 11.4 Å². The minimum Gasteiger partial charge on any atom is -0.349 e. The number of nitro groups is 1. The van der Waals surface area contributed by atoms with Crippen LogP contribution in [0.1, 0.15) is 36.0 Å². The van der Waals surface area contributed by atoms with Gasteiger partial charge in [-0.05, 0) is 37.4 Å². The van der Waals surface area contributed by atoms with Crippen molar-refractivity contribution < 1.29 is 14.1 Å². The molecular formula is C14H18FN3O3. The van der Waals surface area contributed by atoms with E-state index < -0.39 is 22.3 Å². The summed E-state index contributed by atoms with van der Waals surface area (Å²) in [5.41, 5.74) is 5.05. The number of rotatable bonds is 4. The molecule has 1 fully saturated rings. The third-order valence-corrected chi connectivity index (χ3v) is 3.93. The fraction of sp³-hybridized carbons (Fsp3) is 0.500. The Labute approximate surface area is 121 Å². The molecule has 1 aromatic carbocycles. The van der Waals surface area contributed by atoms with Gasteiger partial charge in [0.25, 0.3) is 11.6 Å². The lowest BCUT2D eigenvalue weighted by atomic mass is 9.84. The number of amides is 1. The van der Waals surface area contributed by atoms with Crippen LogP contribution in [0.5, 0.6) is 0 Å². The molecular weight excluding hydrogens is 277 g/mol. The van der Waals surface area contributed by atoms with Gasteiger partial charge in [0.2, 0.25) is 0 Å². The first kappa shape index (κ1) is 15.4. The maximum atomic E-state index is 13.1. The Morgan fingerprint density at radius 3 is 2.81 bits per heavy atom. The first-order chi connectivity index (χ1) is 10.0. The number of nitrogens with one attached hydrogen (secondary N) is 1. The number of carbonyl (C=O) groups is 1. The van der Waals surface area contributed by atoms with Crippen LogP contribution in [0.25, 0.3) is 0 Å². The molecule has 7 heteroatoms. The quantitative estimate of drug-likeness (QED) is 0.655. The summed E-state index contributed by atoms with van der Waals surface area (Å²) >= 11 is 0. The van der Waals surface area contributed by atoms with Crippen LogP contribution in [0.4, 0.5) is 10.1 Å². The summed E-state index contributed by atoms with van der Waals surface area (Å²) in [6.07, 6.45) is 3.81. The first-order valence-corrected chi connectivity index (χ1v) is 6.97. The first-order valence-electron chi connectivity index (χ1n) is 6.97. The van der Waals surface area contributed by atoms with Crippen LogP contribution in [0.3, 0.4) is 0 Å². The number of nitrogens with two attached hydrogens (primary N) is 1. The summed E-state index contributed by atoms with van der Waals surface area (Å²) in [6.45, 7) is 0.469. The average Bonchev–Trinajstić information content (AvgIpc) is 2.47. The van der Waals surface area contributed by atoms with Crippen molar-refractivity contribution in [1.82, 2.24) is 5.32 Å². The number of nitro benzene ring substituents is 1. The van der Waals surface area contributed by atoms with E-state index in [4.69, 9.17) is 5.73 Å². The lowest BCUT2D eigenvalue weighted by Gasteiger charge is -2.31. The van der Waals surface area contributed by atoms with E-state index in [1.807, 2.05) is 0 Å². The highest BCUT2D eigenvalue weighted by Crippen LogP contribution is 2.25. The highest BCUT2D eigenvalue weighted by atomic mass is 19.1. The van der Waals surface area contributed by atoms with Crippen LogP contribution < -0.4 is 11.1 Å². The standard InChI is InChI=1S/C14H18FN3O3/c15-10-5-6-11(13(7-10)18(20)21)14(19)17-12-4-2-1-3-9(12)8-16/h5-7,9,12H,1-4,8,16H2,(H,17,19). The molecule has 1 aliphatic carbocycles. The average molecular weight is 295 g/mol. The third-order valence-electron chi connectivity index (χ3n) is 3.93. The third kappa shape index (κ3) is 3.55. The SMILES string of the molecule is NCC1CCCCC1NC(=O)c1ccc(F)cc1[N+](=O)[O-]. The van der Waals surface area contributed by atoms with Gasteiger partial charge in [0.15, 0.2) is 0 Å². The number of carbonyl (C=O) groups excluding carboxylic acids is 1. The van der Waals surface area contributed by atoms with Gasteiger partial charge in [-0.3, -0.25) is 14.9 Å². The van der Waals surface area contributed by atoms with Crippen LogP contribution in [-0.4, -0.2) is 23.4 Å². The second-order valence-electron chi connectivity index (χ2n) is 5.28. The van der Waals surface area contributed by atoms with E-state index in [-0.39, 0.29) is 17.5 Å². The summed E-state index contributed by atoms with van der Waals surface area (Å²) in [4.78, 5) is 22.4. The van der Waals surface area contributed by atoms with Crippen molar-refractivity contribution >= 4 is 11.6 Å². The molecule has 2 rings (SSSR count). The van der Waals surface area contributed by atoms with Crippen molar-refractivity contribution in [1.29, 1.82) is 0 Å². The van der Waals surface area contributed by atoms with Crippen LogP contribution in [0.15, 0.2) is 18.2 Å². The van der Waals surface area contributed by atoms with E-state index in [9.17, 15) is 19.3 Å². The van der Waals surface area contributed by atoms with E-state index in [1.165, 1.54) is 0 Å². The van der Waals surface area contributed by atoms with Gasteiger partial charge in [-0.1, -0.05) is 12.8 Å². The van der Waals surface area contributed by atoms with Crippen LogP contribution in [-0.2, 0) is 0 Å². The van der Waals surface area contributed by atoms with Gasteiger partial charge in [0.05, 0.1) is 11.0 Å². The number of hydrogen-bond donors (Lipinski definition) is 2. The predicted octanol–water partition coefficient (Wildman–Crippen LogP) is 1.98. The number of nitrogens with zero attached hydrogens (tertiary/aromatic N) is 1. The van der Waals surface area contributed by atoms with E-state index in [0.29, 0.717) is 6.54 Å². The largest absolute Gasteiger partial charge is 0.349 e. The zero-order valence-electron chi connectivity index (χ0n) is 11.5. The summed E-state index contributed by atoms with van der Waals surface area (Å²) in [6, 6.07) is 2.86. The molecule has 0 heterocycles. The van der Waals surface area contributed by atoms with Crippen molar-refractivity contribution in [3.63, 3.8) is 0 Å². The molecule has 0 aromatic heterocycles. The smallest absolute Gasteiger partial charge is 0.285 e. The molecule has 0 bridgehead atoms. The Kier molecular flexibility index (Phi) is 4.85. The van der Waals surface area contributed by atoms with Gasteiger partial charge in [-0.2, -0.15) is 0 Å². The van der Waals surface area contributed by atoms with Crippen LogP contribution in [0.2, 0.25) is 0 Å². The highest BCUT2D eigenvalue weighted by molar-refractivity contribution is 5.98. The van der Waals surface area contributed by atoms with E-state index in [2.05, 4.69) is 5.32 Å². The highest BCUT2D eigenvalue weighted by Gasteiger charge is 2.28. The van der Waals surface area contributed by atoms with E-state index in [0.717, 1.165) is 43.9 Å². The Morgan fingerprint density at radius 2 is 2.14 bits per heavy atom. The monoisotopic (exact) mass is 295 g/mol. The molecule has 0 radical (unpaired) electrons. The molecule has 114 valence electrons. The van der Waals surface area contributed by atoms with Crippen LogP contribution in [0, 0.1) is 21.8 Å². The van der Waals surface area contributed by atoms with Crippen molar-refractivity contribution in [2.45, 2.75) is 31.7 Å². The molecule has 1 saturated carbocycles. The number of halogens is 1. The molecule has 2 atom stereocenters. The minimum absolute atomic E-state index is 0.0825. The van der Waals surface area contributed by atoms with Crippen LogP contribution >= 0.6 is 0 Å². The fourth-order valence-electron chi connectivity index (χ4n) is 2.77. The molecule has 0 spiro atoms. The zero-order valence-corrected chi connectivity index (χ0v) is 11.5. The predicted molar refractivity (Wildman–Crippen MR) is 75.3 cm³/mol. The molecule has 21 heavy (non-hydrogen) atoms. The number of hydrogen-bond acceptors (Lipinski definition) is 4. The lowest BCUT2D eigenvalue weighted by molar-refractivity contribution is -0.385. The van der Waals surface area contributed by atoms with Crippen molar-refractivity contribution in [2.24, 2.45) is 11.7 Å². The summed E-state index contributed by atoms with van der Waals surface area (Å²) < 4.78 is 13.1. The molecule has 2 unspecified atom stereocenters. The van der Waals surface area contributed by atoms with Crippen molar-refractivity contribution in [2.75, 3.05) is 6.54 Å². The molecule has 6 nitrogen and oxygen atoms in total. The summed E-state index contributed by atoms with van der Waals surface area (Å²) in [5.74, 6) is -1.11. The van der Waals surface area contributed by atoms with Gasteiger partial charge in [-0.25, -0.2) is 4.39 Å².